The topological polar surface area (TPSA) is 55.1 Å². The van der Waals surface area contributed by atoms with Gasteiger partial charge in [-0.25, -0.2) is 4.39 Å². The van der Waals surface area contributed by atoms with Crippen molar-refractivity contribution in [2.24, 2.45) is 11.7 Å². The lowest BCUT2D eigenvalue weighted by molar-refractivity contribution is 0.0897. The summed E-state index contributed by atoms with van der Waals surface area (Å²) in [7, 11) is 0. The summed E-state index contributed by atoms with van der Waals surface area (Å²) < 4.78 is 13.8. The molecule has 0 heterocycles. The Bertz CT molecular complexity index is 450. The van der Waals surface area contributed by atoms with Crippen LogP contribution in [0.2, 0.25) is 0 Å². The Balaban J connectivity index is 0.00000361. The van der Waals surface area contributed by atoms with Crippen molar-refractivity contribution in [1.29, 1.82) is 0 Å². The molecule has 114 valence electrons. The highest BCUT2D eigenvalue weighted by Gasteiger charge is 2.26. The average Bonchev–Trinajstić information content (AvgIpc) is 2.26. The fourth-order valence-electron chi connectivity index (χ4n) is 2.12. The molecule has 1 atom stereocenters. The second kappa shape index (κ2) is 7.96. The third kappa shape index (κ3) is 5.77. The first-order valence-electron chi connectivity index (χ1n) is 6.24. The van der Waals surface area contributed by atoms with Gasteiger partial charge in [0.05, 0.1) is 0 Å². The fourth-order valence-corrected chi connectivity index (χ4v) is 2.58. The molecular formula is C14H21BrClFN2O. The zero-order valence-electron chi connectivity index (χ0n) is 11.9. The van der Waals surface area contributed by atoms with E-state index in [0.717, 1.165) is 6.42 Å². The Morgan fingerprint density at radius 1 is 1.45 bits per heavy atom. The van der Waals surface area contributed by atoms with Gasteiger partial charge in [-0.15, -0.1) is 12.4 Å². The molecule has 0 spiro atoms. The van der Waals surface area contributed by atoms with E-state index in [4.69, 9.17) is 5.73 Å². The molecule has 0 saturated carbocycles. The first-order chi connectivity index (χ1) is 8.75. The van der Waals surface area contributed by atoms with Crippen molar-refractivity contribution in [1.82, 2.24) is 5.32 Å². The van der Waals surface area contributed by atoms with Crippen LogP contribution in [-0.4, -0.2) is 18.0 Å². The van der Waals surface area contributed by atoms with E-state index >= 15 is 0 Å². The molecule has 1 unspecified atom stereocenters. The van der Waals surface area contributed by atoms with Gasteiger partial charge in [-0.1, -0.05) is 29.8 Å². The standard InChI is InChI=1S/C14H20BrFN2O.ClH/c1-9(2)7-14(3,8-17)18-13(19)10-4-11(15)6-12(16)5-10;/h4-6,9H,7-8,17H2,1-3H3,(H,18,19);1H. The van der Waals surface area contributed by atoms with Crippen LogP contribution in [0, 0.1) is 11.7 Å². The van der Waals surface area contributed by atoms with Crippen molar-refractivity contribution in [2.75, 3.05) is 6.54 Å². The second-order valence-electron chi connectivity index (χ2n) is 5.48. The number of carbonyl (C=O) groups is 1. The van der Waals surface area contributed by atoms with Gasteiger partial charge in [-0.2, -0.15) is 0 Å². The van der Waals surface area contributed by atoms with Crippen LogP contribution in [0.4, 0.5) is 4.39 Å². The van der Waals surface area contributed by atoms with Crippen LogP contribution in [0.5, 0.6) is 0 Å². The van der Waals surface area contributed by atoms with Gasteiger partial charge < -0.3 is 11.1 Å². The summed E-state index contributed by atoms with van der Waals surface area (Å²) in [5, 5.41) is 2.89. The van der Waals surface area contributed by atoms with Crippen LogP contribution in [0.1, 0.15) is 37.6 Å². The smallest absolute Gasteiger partial charge is 0.251 e. The highest BCUT2D eigenvalue weighted by molar-refractivity contribution is 9.10. The number of nitrogens with two attached hydrogens (primary N) is 1. The molecule has 0 aliphatic heterocycles. The van der Waals surface area contributed by atoms with E-state index in [-0.39, 0.29) is 23.9 Å². The summed E-state index contributed by atoms with van der Waals surface area (Å²) >= 11 is 3.17. The van der Waals surface area contributed by atoms with Crippen LogP contribution in [-0.2, 0) is 0 Å². The molecule has 1 rings (SSSR count). The molecule has 20 heavy (non-hydrogen) atoms. The van der Waals surface area contributed by atoms with E-state index in [1.165, 1.54) is 12.1 Å². The summed E-state index contributed by atoms with van der Waals surface area (Å²) in [5.74, 6) is -0.347. The van der Waals surface area contributed by atoms with Crippen molar-refractivity contribution < 1.29 is 9.18 Å². The Kier molecular flexibility index (Phi) is 7.70. The Morgan fingerprint density at radius 3 is 2.50 bits per heavy atom. The van der Waals surface area contributed by atoms with E-state index in [0.29, 0.717) is 16.9 Å². The molecule has 0 fully saturated rings. The maximum Gasteiger partial charge on any atom is 0.251 e. The minimum Gasteiger partial charge on any atom is -0.346 e. The molecule has 1 aromatic rings. The number of carbonyl (C=O) groups excluding carboxylic acids is 1. The number of halogens is 3. The van der Waals surface area contributed by atoms with E-state index < -0.39 is 11.4 Å². The summed E-state index contributed by atoms with van der Waals surface area (Å²) in [6.45, 7) is 6.38. The molecule has 0 bridgehead atoms. The summed E-state index contributed by atoms with van der Waals surface area (Å²) in [5.41, 5.74) is 5.55. The molecule has 1 aromatic carbocycles. The number of amides is 1. The normalized spacial score (nSPS) is 13.6. The largest absolute Gasteiger partial charge is 0.346 e. The van der Waals surface area contributed by atoms with Crippen LogP contribution in [0.25, 0.3) is 0 Å². The highest BCUT2D eigenvalue weighted by atomic mass is 79.9. The summed E-state index contributed by atoms with van der Waals surface area (Å²) in [4.78, 5) is 12.2. The highest BCUT2D eigenvalue weighted by Crippen LogP contribution is 2.18. The Labute approximate surface area is 134 Å². The van der Waals surface area contributed by atoms with Gasteiger partial charge in [0.25, 0.3) is 5.91 Å². The summed E-state index contributed by atoms with van der Waals surface area (Å²) in [6.07, 6.45) is 0.770. The third-order valence-electron chi connectivity index (χ3n) is 2.85. The maximum absolute atomic E-state index is 13.3. The lowest BCUT2D eigenvalue weighted by atomic mass is 9.90. The van der Waals surface area contributed by atoms with Crippen molar-refractivity contribution in [3.05, 3.63) is 34.1 Å². The number of hydrogen-bond donors (Lipinski definition) is 2. The van der Waals surface area contributed by atoms with E-state index in [2.05, 4.69) is 35.1 Å². The van der Waals surface area contributed by atoms with Gasteiger partial charge >= 0.3 is 0 Å². The lowest BCUT2D eigenvalue weighted by Crippen LogP contribution is -2.52. The van der Waals surface area contributed by atoms with Gasteiger partial charge in [0.2, 0.25) is 0 Å². The van der Waals surface area contributed by atoms with Crippen molar-refractivity contribution >= 4 is 34.2 Å². The van der Waals surface area contributed by atoms with Crippen LogP contribution < -0.4 is 11.1 Å². The first kappa shape index (κ1) is 19.4. The van der Waals surface area contributed by atoms with Crippen LogP contribution in [0.15, 0.2) is 22.7 Å². The molecule has 3 N–H and O–H groups in total. The zero-order valence-corrected chi connectivity index (χ0v) is 14.3. The van der Waals surface area contributed by atoms with Gasteiger partial charge in [0, 0.05) is 22.1 Å². The fraction of sp³-hybridized carbons (Fsp3) is 0.500. The SMILES string of the molecule is CC(C)CC(C)(CN)NC(=O)c1cc(F)cc(Br)c1.Cl. The Morgan fingerprint density at radius 2 is 2.05 bits per heavy atom. The number of hydrogen-bond acceptors (Lipinski definition) is 2. The van der Waals surface area contributed by atoms with Gasteiger partial charge in [0.15, 0.2) is 0 Å². The first-order valence-corrected chi connectivity index (χ1v) is 7.04. The molecular weight excluding hydrogens is 347 g/mol. The van der Waals surface area contributed by atoms with E-state index in [9.17, 15) is 9.18 Å². The molecule has 3 nitrogen and oxygen atoms in total. The van der Waals surface area contributed by atoms with Gasteiger partial charge in [-0.3, -0.25) is 4.79 Å². The van der Waals surface area contributed by atoms with Crippen molar-refractivity contribution in [2.45, 2.75) is 32.7 Å². The molecule has 0 radical (unpaired) electrons. The average molecular weight is 368 g/mol. The molecule has 0 saturated heterocycles. The van der Waals surface area contributed by atoms with Crippen LogP contribution >= 0.6 is 28.3 Å². The number of benzene rings is 1. The number of nitrogens with one attached hydrogen (secondary N) is 1. The predicted octanol–water partition coefficient (Wildman–Crippen LogP) is 3.50. The van der Waals surface area contributed by atoms with E-state index in [1.54, 1.807) is 6.07 Å². The second-order valence-corrected chi connectivity index (χ2v) is 6.39. The number of rotatable bonds is 5. The maximum atomic E-state index is 13.3. The zero-order chi connectivity index (χ0) is 14.6. The van der Waals surface area contributed by atoms with Gasteiger partial charge in [0.1, 0.15) is 5.82 Å². The minimum absolute atomic E-state index is 0. The predicted molar refractivity (Wildman–Crippen MR) is 85.7 cm³/mol. The minimum atomic E-state index is -0.482. The molecule has 0 aromatic heterocycles. The quantitative estimate of drug-likeness (QED) is 0.837. The van der Waals surface area contributed by atoms with E-state index in [1.807, 2.05) is 6.92 Å². The van der Waals surface area contributed by atoms with Crippen molar-refractivity contribution in [3.63, 3.8) is 0 Å². The molecule has 0 aliphatic rings. The summed E-state index contributed by atoms with van der Waals surface area (Å²) in [6, 6.07) is 4.12. The van der Waals surface area contributed by atoms with Gasteiger partial charge in [-0.05, 0) is 37.5 Å². The molecule has 6 heteroatoms. The Hall–Kier alpha value is -0.650. The third-order valence-corrected chi connectivity index (χ3v) is 3.31. The molecule has 0 aliphatic carbocycles. The van der Waals surface area contributed by atoms with Crippen LogP contribution in [0.3, 0.4) is 0 Å². The lowest BCUT2D eigenvalue weighted by Gasteiger charge is -2.31. The van der Waals surface area contributed by atoms with Crippen molar-refractivity contribution in [3.8, 4) is 0 Å². The monoisotopic (exact) mass is 366 g/mol. The molecule has 1 amide bonds.